The summed E-state index contributed by atoms with van der Waals surface area (Å²) in [7, 11) is 1.56. The van der Waals surface area contributed by atoms with Gasteiger partial charge in [0.2, 0.25) is 0 Å². The van der Waals surface area contributed by atoms with E-state index >= 15 is 0 Å². The molecule has 6 nitrogen and oxygen atoms in total. The van der Waals surface area contributed by atoms with Crippen LogP contribution in [0.5, 0.6) is 5.75 Å². The van der Waals surface area contributed by atoms with E-state index < -0.39 is 17.7 Å². The Morgan fingerprint density at radius 1 is 1.00 bits per heavy atom. The highest BCUT2D eigenvalue weighted by Crippen LogP contribution is 2.43. The molecule has 4 rings (SSSR count). The van der Waals surface area contributed by atoms with Crippen molar-refractivity contribution in [1.82, 2.24) is 4.98 Å². The lowest BCUT2D eigenvalue weighted by Gasteiger charge is -2.26. The van der Waals surface area contributed by atoms with Crippen LogP contribution in [0.25, 0.3) is 5.76 Å². The second kappa shape index (κ2) is 8.78. The summed E-state index contributed by atoms with van der Waals surface area (Å²) in [6, 6.07) is 15.5. The number of methoxy groups -OCH3 is 1. The molecule has 1 N–H and O–H groups in total. The molecular formula is C28H28N2O4. The average Bonchev–Trinajstić information content (AvgIpc) is 3.09. The van der Waals surface area contributed by atoms with E-state index in [1.165, 1.54) is 4.90 Å². The number of ether oxygens (including phenoxy) is 1. The van der Waals surface area contributed by atoms with Crippen molar-refractivity contribution in [3.63, 3.8) is 0 Å². The molecule has 1 aliphatic rings. The fourth-order valence-corrected chi connectivity index (χ4v) is 4.19. The second-order valence-electron chi connectivity index (χ2n) is 9.43. The molecule has 0 spiro atoms. The van der Waals surface area contributed by atoms with E-state index in [2.05, 4.69) is 25.8 Å². The summed E-state index contributed by atoms with van der Waals surface area (Å²) in [5, 5.41) is 11.5. The molecule has 0 bridgehead atoms. The Balaban J connectivity index is 1.94. The van der Waals surface area contributed by atoms with Crippen LogP contribution in [0.15, 0.2) is 72.6 Å². The fourth-order valence-electron chi connectivity index (χ4n) is 4.19. The molecule has 0 saturated carbocycles. The summed E-state index contributed by atoms with van der Waals surface area (Å²) in [6.45, 7) is 8.13. The number of nitrogens with zero attached hydrogens (tertiary/aromatic N) is 2. The van der Waals surface area contributed by atoms with Crippen molar-refractivity contribution in [3.05, 3.63) is 94.8 Å². The molecule has 2 heterocycles. The third kappa shape index (κ3) is 4.07. The fraction of sp³-hybridized carbons (Fsp3) is 0.250. The Morgan fingerprint density at radius 3 is 2.24 bits per heavy atom. The Morgan fingerprint density at radius 2 is 1.65 bits per heavy atom. The molecule has 1 amide bonds. The predicted octanol–water partition coefficient (Wildman–Crippen LogP) is 5.32. The van der Waals surface area contributed by atoms with Crippen LogP contribution in [0.2, 0.25) is 0 Å². The summed E-state index contributed by atoms with van der Waals surface area (Å²) in [5.74, 6) is -0.968. The number of aliphatic hydroxyl groups is 1. The molecule has 1 saturated heterocycles. The third-order valence-electron chi connectivity index (χ3n) is 6.18. The van der Waals surface area contributed by atoms with E-state index in [0.717, 1.165) is 11.1 Å². The van der Waals surface area contributed by atoms with Crippen molar-refractivity contribution < 1.29 is 19.4 Å². The maximum Gasteiger partial charge on any atom is 0.300 e. The standard InChI is InChI=1S/C28H28N2O4/c1-17-6-7-19(28(2,3)4)16-22(17)25(31)23-24(18-12-14-29-15-13-18)30(27(33)26(23)32)20-8-10-21(34-5)11-9-20/h6-16,24,31H,1-5H3/b25-23+. The van der Waals surface area contributed by atoms with E-state index in [9.17, 15) is 14.7 Å². The Bertz CT molecular complexity index is 1270. The summed E-state index contributed by atoms with van der Waals surface area (Å²) >= 11 is 0. The molecule has 6 heteroatoms. The second-order valence-corrected chi connectivity index (χ2v) is 9.43. The Labute approximate surface area is 199 Å². The van der Waals surface area contributed by atoms with Gasteiger partial charge in [-0.15, -0.1) is 0 Å². The number of ketones is 1. The first-order valence-corrected chi connectivity index (χ1v) is 11.1. The van der Waals surface area contributed by atoms with E-state index in [0.29, 0.717) is 22.6 Å². The van der Waals surface area contributed by atoms with Crippen LogP contribution < -0.4 is 9.64 Å². The number of Topliss-reactive ketones (excluding diaryl/α,β-unsaturated/α-hetero) is 1. The zero-order valence-electron chi connectivity index (χ0n) is 20.0. The number of anilines is 1. The number of hydrogen-bond acceptors (Lipinski definition) is 5. The topological polar surface area (TPSA) is 79.7 Å². The minimum absolute atomic E-state index is 0.0566. The molecule has 0 radical (unpaired) electrons. The van der Waals surface area contributed by atoms with Gasteiger partial charge in [0.15, 0.2) is 0 Å². The first-order chi connectivity index (χ1) is 16.1. The van der Waals surface area contributed by atoms with E-state index in [1.54, 1.807) is 55.9 Å². The number of aryl methyl sites for hydroxylation is 1. The number of amides is 1. The number of carbonyl (C=O) groups excluding carboxylic acids is 2. The van der Waals surface area contributed by atoms with Crippen molar-refractivity contribution >= 4 is 23.1 Å². The molecule has 1 atom stereocenters. The van der Waals surface area contributed by atoms with Gasteiger partial charge in [0.1, 0.15) is 11.5 Å². The van der Waals surface area contributed by atoms with Gasteiger partial charge in [-0.1, -0.05) is 32.9 Å². The van der Waals surface area contributed by atoms with Crippen LogP contribution in [-0.4, -0.2) is 28.9 Å². The van der Waals surface area contributed by atoms with E-state index in [-0.39, 0.29) is 16.7 Å². The minimum atomic E-state index is -0.797. The third-order valence-corrected chi connectivity index (χ3v) is 6.18. The van der Waals surface area contributed by atoms with E-state index in [1.807, 2.05) is 25.1 Å². The van der Waals surface area contributed by atoms with Gasteiger partial charge in [0.05, 0.1) is 18.7 Å². The van der Waals surface area contributed by atoms with Crippen molar-refractivity contribution in [1.29, 1.82) is 0 Å². The van der Waals surface area contributed by atoms with Crippen LogP contribution in [0.4, 0.5) is 5.69 Å². The number of aromatic nitrogens is 1. The molecule has 1 aromatic heterocycles. The Hall–Kier alpha value is -3.93. The van der Waals surface area contributed by atoms with Gasteiger partial charge in [-0.2, -0.15) is 0 Å². The maximum absolute atomic E-state index is 13.4. The lowest BCUT2D eigenvalue weighted by Crippen LogP contribution is -2.29. The van der Waals surface area contributed by atoms with Gasteiger partial charge in [-0.3, -0.25) is 19.5 Å². The summed E-state index contributed by atoms with van der Waals surface area (Å²) in [5.41, 5.74) is 3.49. The zero-order valence-corrected chi connectivity index (χ0v) is 20.0. The van der Waals surface area contributed by atoms with Gasteiger partial charge in [-0.25, -0.2) is 0 Å². The average molecular weight is 457 g/mol. The van der Waals surface area contributed by atoms with Crippen molar-refractivity contribution in [2.45, 2.75) is 39.2 Å². The summed E-state index contributed by atoms with van der Waals surface area (Å²) < 4.78 is 5.23. The van der Waals surface area contributed by atoms with Crippen LogP contribution in [0.3, 0.4) is 0 Å². The largest absolute Gasteiger partial charge is 0.507 e. The minimum Gasteiger partial charge on any atom is -0.507 e. The molecule has 1 fully saturated rings. The first kappa shape index (κ1) is 23.2. The zero-order chi connectivity index (χ0) is 24.6. The quantitative estimate of drug-likeness (QED) is 0.326. The van der Waals surface area contributed by atoms with Gasteiger partial charge in [0.25, 0.3) is 11.7 Å². The number of hydrogen-bond donors (Lipinski definition) is 1. The highest BCUT2D eigenvalue weighted by Gasteiger charge is 2.47. The molecule has 0 aliphatic carbocycles. The number of carbonyl (C=O) groups is 2. The predicted molar refractivity (Wildman–Crippen MR) is 132 cm³/mol. The molecule has 34 heavy (non-hydrogen) atoms. The van der Waals surface area contributed by atoms with Crippen LogP contribution in [0, 0.1) is 6.92 Å². The van der Waals surface area contributed by atoms with E-state index in [4.69, 9.17) is 4.74 Å². The SMILES string of the molecule is COc1ccc(N2C(=O)C(=O)/C(=C(/O)c3cc(C(C)(C)C)ccc3C)C2c2ccncc2)cc1. The molecule has 2 aromatic carbocycles. The molecule has 174 valence electrons. The number of pyridine rings is 1. The summed E-state index contributed by atoms with van der Waals surface area (Å²) in [6.07, 6.45) is 3.21. The molecule has 1 aliphatic heterocycles. The van der Waals surface area contributed by atoms with Crippen LogP contribution in [-0.2, 0) is 15.0 Å². The number of benzene rings is 2. The number of aliphatic hydroxyl groups excluding tert-OH is 1. The number of rotatable bonds is 4. The monoisotopic (exact) mass is 456 g/mol. The van der Waals surface area contributed by atoms with Gasteiger partial charge in [-0.05, 0) is 71.5 Å². The smallest absolute Gasteiger partial charge is 0.300 e. The van der Waals surface area contributed by atoms with Crippen LogP contribution in [0.1, 0.15) is 49.1 Å². The maximum atomic E-state index is 13.4. The van der Waals surface area contributed by atoms with Gasteiger partial charge >= 0.3 is 0 Å². The van der Waals surface area contributed by atoms with Gasteiger partial charge < -0.3 is 9.84 Å². The highest BCUT2D eigenvalue weighted by molar-refractivity contribution is 6.51. The lowest BCUT2D eigenvalue weighted by molar-refractivity contribution is -0.132. The Kier molecular flexibility index (Phi) is 6.00. The lowest BCUT2D eigenvalue weighted by atomic mass is 9.84. The van der Waals surface area contributed by atoms with Gasteiger partial charge in [0, 0.05) is 23.6 Å². The molecule has 3 aromatic rings. The highest BCUT2D eigenvalue weighted by atomic mass is 16.5. The normalized spacial score (nSPS) is 17.8. The first-order valence-electron chi connectivity index (χ1n) is 11.1. The van der Waals surface area contributed by atoms with Crippen LogP contribution >= 0.6 is 0 Å². The molecular weight excluding hydrogens is 428 g/mol. The van der Waals surface area contributed by atoms with Crippen molar-refractivity contribution in [3.8, 4) is 5.75 Å². The summed E-state index contributed by atoms with van der Waals surface area (Å²) in [4.78, 5) is 32.1. The van der Waals surface area contributed by atoms with Crippen molar-refractivity contribution in [2.75, 3.05) is 12.0 Å². The van der Waals surface area contributed by atoms with Crippen molar-refractivity contribution in [2.24, 2.45) is 0 Å². The molecule has 1 unspecified atom stereocenters.